The highest BCUT2D eigenvalue weighted by Crippen LogP contribution is 2.47. The first kappa shape index (κ1) is 26.3. The number of nitriles is 1. The molecule has 0 aliphatic carbocycles. The molecule has 38 heavy (non-hydrogen) atoms. The second-order valence-corrected chi connectivity index (χ2v) is 11.3. The summed E-state index contributed by atoms with van der Waals surface area (Å²) in [4.78, 5) is 11.7. The summed E-state index contributed by atoms with van der Waals surface area (Å²) in [5.74, 6) is 0.442. The summed E-state index contributed by atoms with van der Waals surface area (Å²) in [6.07, 6.45) is 3.59. The highest BCUT2D eigenvalue weighted by atomic mass is 32.1. The minimum Gasteiger partial charge on any atom is -0.389 e. The molecule has 0 spiro atoms. The van der Waals surface area contributed by atoms with Gasteiger partial charge in [-0.1, -0.05) is 32.4 Å². The lowest BCUT2D eigenvalue weighted by Crippen LogP contribution is -2.22. The van der Waals surface area contributed by atoms with Gasteiger partial charge in [-0.2, -0.15) is 5.26 Å². The van der Waals surface area contributed by atoms with Crippen LogP contribution in [0.15, 0.2) is 17.8 Å². The van der Waals surface area contributed by atoms with E-state index in [2.05, 4.69) is 29.8 Å². The number of nitrogens with zero attached hydrogens (tertiary/aromatic N) is 4. The van der Waals surface area contributed by atoms with Gasteiger partial charge in [0.25, 0.3) is 0 Å². The average Bonchev–Trinajstić information content (AvgIpc) is 3.62. The number of nitrogens with two attached hydrogens (primary N) is 1. The maximum absolute atomic E-state index is 16.8. The standard InChI is InChI=1S/C29H31F2N5OS/c1-6-14(3)22(24-17(8-32)28(33)38-27(24)21(30)7-2)23-20-13-37-12-19(20)18-9-34-29(35-26(18)25(23)31)36-10-15(4)16(5)11-36/h7,9,15-16H,6,10-13,33H2,1-5H3/b21-7+,22-14+. The predicted octanol–water partition coefficient (Wildman–Crippen LogP) is 6.97. The number of allylic oxidation sites excluding steroid dienone is 2. The predicted molar refractivity (Wildman–Crippen MR) is 149 cm³/mol. The zero-order valence-electron chi connectivity index (χ0n) is 22.3. The molecular formula is C29H31F2N5OS. The molecular weight excluding hydrogens is 504 g/mol. The molecule has 2 aliphatic rings. The quantitative estimate of drug-likeness (QED) is 0.380. The van der Waals surface area contributed by atoms with E-state index in [1.54, 1.807) is 13.1 Å². The van der Waals surface area contributed by atoms with Crippen LogP contribution in [0.2, 0.25) is 0 Å². The van der Waals surface area contributed by atoms with Crippen LogP contribution in [0.5, 0.6) is 0 Å². The SMILES string of the molecule is C/C=C(/F)c1sc(N)c(C#N)c1/C(=C(\C)CC)c1c2c(c3cnc(N4CC(C)C(C)C4)nc3c1F)COC2. The topological polar surface area (TPSA) is 88.1 Å². The zero-order chi connectivity index (χ0) is 27.3. The van der Waals surface area contributed by atoms with Gasteiger partial charge in [0, 0.05) is 35.8 Å². The Bertz CT molecular complexity index is 1540. The summed E-state index contributed by atoms with van der Waals surface area (Å²) in [6, 6.07) is 2.14. The van der Waals surface area contributed by atoms with Crippen LogP contribution in [0.3, 0.4) is 0 Å². The van der Waals surface area contributed by atoms with E-state index in [1.165, 1.54) is 6.08 Å². The maximum Gasteiger partial charge on any atom is 0.225 e. The van der Waals surface area contributed by atoms with Gasteiger partial charge in [0.15, 0.2) is 5.82 Å². The Morgan fingerprint density at radius 2 is 1.95 bits per heavy atom. The molecule has 2 aromatic heterocycles. The van der Waals surface area contributed by atoms with E-state index in [0.717, 1.165) is 35.6 Å². The number of rotatable bonds is 5. The van der Waals surface area contributed by atoms with Crippen molar-refractivity contribution in [1.82, 2.24) is 9.97 Å². The van der Waals surface area contributed by atoms with Gasteiger partial charge in [0.2, 0.25) is 5.95 Å². The van der Waals surface area contributed by atoms with E-state index < -0.39 is 11.6 Å². The van der Waals surface area contributed by atoms with Crippen LogP contribution < -0.4 is 10.6 Å². The molecule has 0 amide bonds. The number of benzene rings is 1. The van der Waals surface area contributed by atoms with Gasteiger partial charge >= 0.3 is 0 Å². The highest BCUT2D eigenvalue weighted by Gasteiger charge is 2.33. The van der Waals surface area contributed by atoms with Crippen molar-refractivity contribution in [1.29, 1.82) is 5.26 Å². The summed E-state index contributed by atoms with van der Waals surface area (Å²) in [5.41, 5.74) is 9.97. The van der Waals surface area contributed by atoms with Crippen LogP contribution in [0.25, 0.3) is 22.3 Å². The Morgan fingerprint density at radius 3 is 2.58 bits per heavy atom. The minimum atomic E-state index is -0.517. The molecule has 2 N–H and O–H groups in total. The number of aromatic nitrogens is 2. The second-order valence-electron chi connectivity index (χ2n) is 10.2. The van der Waals surface area contributed by atoms with E-state index in [9.17, 15) is 5.26 Å². The molecule has 0 bridgehead atoms. The van der Waals surface area contributed by atoms with Crippen molar-refractivity contribution in [2.24, 2.45) is 11.8 Å². The molecule has 1 fully saturated rings. The van der Waals surface area contributed by atoms with Crippen molar-refractivity contribution in [2.75, 3.05) is 23.7 Å². The number of halogens is 2. The monoisotopic (exact) mass is 535 g/mol. The van der Waals surface area contributed by atoms with Gasteiger partial charge in [0.05, 0.1) is 23.7 Å². The normalized spacial score (nSPS) is 20.2. The van der Waals surface area contributed by atoms with Gasteiger partial charge in [-0.3, -0.25) is 0 Å². The first-order valence-corrected chi connectivity index (χ1v) is 13.7. The van der Waals surface area contributed by atoms with Crippen LogP contribution in [0.4, 0.5) is 19.7 Å². The van der Waals surface area contributed by atoms with Crippen LogP contribution in [0, 0.1) is 29.0 Å². The molecule has 6 nitrogen and oxygen atoms in total. The average molecular weight is 536 g/mol. The Hall–Kier alpha value is -3.35. The van der Waals surface area contributed by atoms with E-state index >= 15 is 8.78 Å². The molecule has 198 valence electrons. The van der Waals surface area contributed by atoms with Crippen molar-refractivity contribution in [3.8, 4) is 6.07 Å². The molecule has 3 aromatic rings. The molecule has 1 aromatic carbocycles. The summed E-state index contributed by atoms with van der Waals surface area (Å²) in [5, 5.41) is 10.8. The third kappa shape index (κ3) is 4.07. The Morgan fingerprint density at radius 1 is 1.26 bits per heavy atom. The molecule has 2 aliphatic heterocycles. The Labute approximate surface area is 225 Å². The van der Waals surface area contributed by atoms with Gasteiger partial charge in [0.1, 0.15) is 22.4 Å². The largest absolute Gasteiger partial charge is 0.389 e. The highest BCUT2D eigenvalue weighted by molar-refractivity contribution is 7.17. The summed E-state index contributed by atoms with van der Waals surface area (Å²) >= 11 is 1.00. The Balaban J connectivity index is 1.83. The van der Waals surface area contributed by atoms with Crippen LogP contribution in [-0.4, -0.2) is 23.1 Å². The summed E-state index contributed by atoms with van der Waals surface area (Å²) in [7, 11) is 0. The molecule has 1 saturated heterocycles. The third-order valence-corrected chi connectivity index (χ3v) is 8.96. The van der Waals surface area contributed by atoms with Gasteiger partial charge < -0.3 is 15.4 Å². The van der Waals surface area contributed by atoms with Crippen molar-refractivity contribution in [3.63, 3.8) is 0 Å². The molecule has 2 atom stereocenters. The first-order valence-electron chi connectivity index (χ1n) is 12.9. The van der Waals surface area contributed by atoms with Crippen LogP contribution in [-0.2, 0) is 18.0 Å². The van der Waals surface area contributed by atoms with Gasteiger partial charge in [-0.05, 0) is 48.8 Å². The van der Waals surface area contributed by atoms with Crippen LogP contribution in [0.1, 0.15) is 73.7 Å². The first-order chi connectivity index (χ1) is 18.2. The number of anilines is 2. The molecule has 0 saturated carbocycles. The fourth-order valence-electron chi connectivity index (χ4n) is 5.44. The van der Waals surface area contributed by atoms with E-state index in [1.807, 2.05) is 13.8 Å². The van der Waals surface area contributed by atoms with Crippen LogP contribution >= 0.6 is 11.3 Å². The lowest BCUT2D eigenvalue weighted by atomic mass is 9.85. The maximum atomic E-state index is 16.8. The fraction of sp³-hybridized carbons (Fsp3) is 0.414. The van der Waals surface area contributed by atoms with E-state index in [4.69, 9.17) is 15.5 Å². The van der Waals surface area contributed by atoms with Gasteiger partial charge in [-0.25, -0.2) is 18.7 Å². The zero-order valence-corrected chi connectivity index (χ0v) is 23.1. The smallest absolute Gasteiger partial charge is 0.225 e. The molecule has 9 heteroatoms. The van der Waals surface area contributed by atoms with Crippen molar-refractivity contribution in [2.45, 2.75) is 54.3 Å². The molecule has 2 unspecified atom stereocenters. The molecule has 5 rings (SSSR count). The third-order valence-electron chi connectivity index (χ3n) is 7.93. The lowest BCUT2D eigenvalue weighted by molar-refractivity contribution is 0.134. The number of ether oxygens (including phenoxy) is 1. The van der Waals surface area contributed by atoms with E-state index in [0.29, 0.717) is 58.5 Å². The summed E-state index contributed by atoms with van der Waals surface area (Å²) < 4.78 is 37.8. The fourth-order valence-corrected chi connectivity index (χ4v) is 6.43. The number of nitrogen functional groups attached to an aromatic ring is 1. The number of hydrogen-bond donors (Lipinski definition) is 1. The summed E-state index contributed by atoms with van der Waals surface area (Å²) in [6.45, 7) is 11.9. The Kier molecular flexibility index (Phi) is 6.97. The number of hydrogen-bond acceptors (Lipinski definition) is 7. The van der Waals surface area contributed by atoms with Crippen molar-refractivity contribution in [3.05, 3.63) is 56.4 Å². The second kappa shape index (κ2) is 10.1. The molecule has 0 radical (unpaired) electrons. The molecule has 4 heterocycles. The van der Waals surface area contributed by atoms with Crippen molar-refractivity contribution >= 4 is 44.6 Å². The minimum absolute atomic E-state index is 0.153. The number of thiophene rings is 1. The lowest BCUT2D eigenvalue weighted by Gasteiger charge is -2.21. The van der Waals surface area contributed by atoms with Crippen molar-refractivity contribution < 1.29 is 13.5 Å². The van der Waals surface area contributed by atoms with Gasteiger partial charge in [-0.15, -0.1) is 11.3 Å². The van der Waals surface area contributed by atoms with E-state index in [-0.39, 0.29) is 27.6 Å². The number of fused-ring (bicyclic) bond motifs is 3.